The van der Waals surface area contributed by atoms with Crippen LogP contribution in [-0.4, -0.2) is 88.9 Å². The Kier molecular flexibility index (Phi) is 21.5. The van der Waals surface area contributed by atoms with Crippen molar-refractivity contribution in [1.82, 2.24) is 25.9 Å². The van der Waals surface area contributed by atoms with E-state index in [1.165, 1.54) is 36.4 Å². The number of nitrogens with two attached hydrogens (primary N) is 1. The zero-order valence-electron chi connectivity index (χ0n) is 43.8. The maximum Gasteiger partial charge on any atom is 0.417 e. The largest absolute Gasteiger partial charge is 0.463 e. The molecule has 0 aliphatic carbocycles. The molecule has 5 aromatic rings. The van der Waals surface area contributed by atoms with Gasteiger partial charge < -0.3 is 41.1 Å². The van der Waals surface area contributed by atoms with Crippen LogP contribution in [0.15, 0.2) is 121 Å². The van der Waals surface area contributed by atoms with Gasteiger partial charge in [-0.2, -0.15) is 13.2 Å². The number of terminal acetylenes is 1. The molecule has 2 aromatic heterocycles. The molecule has 1 saturated heterocycles. The SMILES string of the molecule is C#CC[C@H](CC(=O)c1ccc(-c2ccccc2C)[nH]1)C(=O)N[C@H](/C=C/C(=O)OCCc1ccc(-c2ccc(C(=O)C[C@@H](Cc3ccccc3)C(=O)N[C@H](/C=C/C(=O)OCC)CCC(N)=O)[nH]2)c(C(F)(F)F)c1)C[C@@H]1CCNC1=O. The van der Waals surface area contributed by atoms with Crippen molar-refractivity contribution in [1.29, 1.82) is 0 Å². The molecule has 0 saturated carbocycles. The maximum absolute atomic E-state index is 14.7. The molecule has 6 rings (SSSR count). The van der Waals surface area contributed by atoms with E-state index < -0.39 is 77.0 Å². The van der Waals surface area contributed by atoms with E-state index in [2.05, 4.69) is 31.8 Å². The lowest BCUT2D eigenvalue weighted by atomic mass is 9.92. The van der Waals surface area contributed by atoms with Crippen LogP contribution in [0.2, 0.25) is 0 Å². The average molecular weight is 1090 g/mol. The molecule has 7 N–H and O–H groups in total. The minimum Gasteiger partial charge on any atom is -0.463 e. The Bertz CT molecular complexity index is 3100. The van der Waals surface area contributed by atoms with Crippen molar-refractivity contribution in [3.05, 3.63) is 155 Å². The smallest absolute Gasteiger partial charge is 0.417 e. The van der Waals surface area contributed by atoms with Gasteiger partial charge in [0.1, 0.15) is 0 Å². The number of esters is 2. The number of nitrogens with one attached hydrogen (secondary N) is 5. The molecule has 1 fully saturated rings. The molecule has 79 heavy (non-hydrogen) atoms. The van der Waals surface area contributed by atoms with Crippen LogP contribution in [0.1, 0.15) is 95.1 Å². The van der Waals surface area contributed by atoms with Crippen LogP contribution in [0.5, 0.6) is 0 Å². The molecule has 1 aliphatic rings. The van der Waals surface area contributed by atoms with Crippen molar-refractivity contribution in [2.75, 3.05) is 19.8 Å². The first-order valence-corrected chi connectivity index (χ1v) is 25.9. The van der Waals surface area contributed by atoms with Gasteiger partial charge in [0.15, 0.2) is 11.6 Å². The highest BCUT2D eigenvalue weighted by Crippen LogP contribution is 2.38. The molecular formula is C60H63F3N6O10. The molecule has 0 radical (unpaired) electrons. The monoisotopic (exact) mass is 1080 g/mol. The number of ether oxygens (including phenoxy) is 2. The van der Waals surface area contributed by atoms with Crippen molar-refractivity contribution in [2.45, 2.75) is 89.9 Å². The lowest BCUT2D eigenvalue weighted by molar-refractivity contribution is -0.138. The van der Waals surface area contributed by atoms with Crippen LogP contribution < -0.4 is 21.7 Å². The van der Waals surface area contributed by atoms with E-state index in [1.54, 1.807) is 49.4 Å². The molecule has 5 atom stereocenters. The predicted octanol–water partition coefficient (Wildman–Crippen LogP) is 7.87. The summed E-state index contributed by atoms with van der Waals surface area (Å²) in [5.74, 6) is -4.42. The van der Waals surface area contributed by atoms with Crippen LogP contribution in [-0.2, 0) is 57.3 Å². The maximum atomic E-state index is 14.7. The molecule has 16 nitrogen and oxygen atoms in total. The van der Waals surface area contributed by atoms with Gasteiger partial charge in [0.2, 0.25) is 23.6 Å². The number of hydrogen-bond acceptors (Lipinski definition) is 10. The van der Waals surface area contributed by atoms with Crippen molar-refractivity contribution in [3.63, 3.8) is 0 Å². The van der Waals surface area contributed by atoms with Gasteiger partial charge in [0.25, 0.3) is 0 Å². The predicted molar refractivity (Wildman–Crippen MR) is 288 cm³/mol. The van der Waals surface area contributed by atoms with Crippen molar-refractivity contribution in [2.24, 2.45) is 23.5 Å². The Hall–Kier alpha value is -8.79. The highest BCUT2D eigenvalue weighted by molar-refractivity contribution is 5.99. The normalized spacial score (nSPS) is 14.9. The molecular weight excluding hydrogens is 1020 g/mol. The number of carbonyl (C=O) groups excluding carboxylic acids is 8. The number of aryl methyl sites for hydroxylation is 1. The third kappa shape index (κ3) is 17.9. The molecule has 414 valence electrons. The molecule has 0 bridgehead atoms. The quantitative estimate of drug-likeness (QED) is 0.0122. The summed E-state index contributed by atoms with van der Waals surface area (Å²) in [5, 5.41) is 8.36. The molecule has 0 unspecified atom stereocenters. The topological polar surface area (TPSA) is 249 Å². The fourth-order valence-electron chi connectivity index (χ4n) is 9.12. The van der Waals surface area contributed by atoms with Gasteiger partial charge in [-0.1, -0.05) is 78.9 Å². The number of halogens is 3. The van der Waals surface area contributed by atoms with Crippen LogP contribution in [0, 0.1) is 37.0 Å². The fraction of sp³-hybridized carbons (Fsp3) is 0.333. The number of aromatic nitrogens is 2. The van der Waals surface area contributed by atoms with E-state index in [9.17, 15) is 51.5 Å². The Morgan fingerprint density at radius 2 is 1.38 bits per heavy atom. The number of benzene rings is 3. The number of Topliss-reactive ketones (excluding diaryl/α,β-unsaturated/α-hetero) is 2. The molecule has 0 spiro atoms. The van der Waals surface area contributed by atoms with E-state index in [0.29, 0.717) is 18.7 Å². The van der Waals surface area contributed by atoms with Gasteiger partial charge in [-0.25, -0.2) is 9.59 Å². The number of H-pyrrole nitrogens is 2. The van der Waals surface area contributed by atoms with E-state index in [-0.39, 0.29) is 98.8 Å². The summed E-state index contributed by atoms with van der Waals surface area (Å²) in [6.07, 6.45) is 5.51. The number of primary amides is 1. The second kappa shape index (κ2) is 28.5. The number of alkyl halides is 3. The van der Waals surface area contributed by atoms with E-state index in [4.69, 9.17) is 21.6 Å². The Balaban J connectivity index is 1.10. The van der Waals surface area contributed by atoms with E-state index in [0.717, 1.165) is 40.6 Å². The van der Waals surface area contributed by atoms with Crippen LogP contribution in [0.4, 0.5) is 13.2 Å². The van der Waals surface area contributed by atoms with Crippen LogP contribution in [0.3, 0.4) is 0 Å². The first-order chi connectivity index (χ1) is 37.8. The summed E-state index contributed by atoms with van der Waals surface area (Å²) >= 11 is 0. The highest BCUT2D eigenvalue weighted by Gasteiger charge is 2.35. The summed E-state index contributed by atoms with van der Waals surface area (Å²) in [6.45, 7) is 3.78. The molecule has 19 heteroatoms. The van der Waals surface area contributed by atoms with Gasteiger partial charge in [-0.15, -0.1) is 12.3 Å². The van der Waals surface area contributed by atoms with Gasteiger partial charge in [0, 0.05) is 97.2 Å². The first-order valence-electron chi connectivity index (χ1n) is 25.9. The number of ketones is 2. The number of amides is 4. The van der Waals surface area contributed by atoms with Crippen molar-refractivity contribution < 1.29 is 61.0 Å². The molecule has 3 heterocycles. The number of hydrogen-bond donors (Lipinski definition) is 6. The lowest BCUT2D eigenvalue weighted by Gasteiger charge is -2.21. The Morgan fingerprint density at radius 1 is 0.772 bits per heavy atom. The van der Waals surface area contributed by atoms with Gasteiger partial charge >= 0.3 is 18.1 Å². The number of aromatic amines is 2. The Morgan fingerprint density at radius 3 is 2.00 bits per heavy atom. The summed E-state index contributed by atoms with van der Waals surface area (Å²) in [5.41, 5.74) is 7.81. The Labute approximate surface area is 455 Å². The van der Waals surface area contributed by atoms with Crippen LogP contribution >= 0.6 is 0 Å². The standard InChI is InChI=1S/C60H63F3N6O10/c1-4-11-40(35-52(70)50-23-21-48(68-50)45-15-10-9-12-37(45)3)58(76)67-44(34-41-28-30-65-57(41)75)19-27-56(74)79-31-29-39-16-20-46(47(33-39)60(61,62)63)49-22-24-51(69-49)53(71)36-42(32-38-13-7-6-8-14-38)59(77)66-43(17-25-54(64)72)18-26-55(73)78-5-2/h1,6-10,12-16,18-24,26-27,33,40-44,68-69H,5,11,17,25,28-32,34-36H2,2-3H3,(H2,64,72)(H,65,75)(H,66,77)(H,67,76)/b26-18+,27-19+/t40-,41+,42-,43+,44-/m1/s1. The van der Waals surface area contributed by atoms with Crippen molar-refractivity contribution >= 4 is 47.1 Å². The lowest BCUT2D eigenvalue weighted by Crippen LogP contribution is -2.40. The minimum absolute atomic E-state index is 0.0274. The fourth-order valence-corrected chi connectivity index (χ4v) is 9.12. The van der Waals surface area contributed by atoms with Gasteiger partial charge in [-0.3, -0.25) is 28.8 Å². The summed E-state index contributed by atoms with van der Waals surface area (Å²) in [4.78, 5) is 110. The summed E-state index contributed by atoms with van der Waals surface area (Å²) in [6, 6.07) is 24.5. The molecule has 3 aromatic carbocycles. The third-order valence-electron chi connectivity index (χ3n) is 13.3. The number of rotatable bonds is 28. The van der Waals surface area contributed by atoms with Crippen molar-refractivity contribution in [3.8, 4) is 34.9 Å². The zero-order chi connectivity index (χ0) is 57.1. The zero-order valence-corrected chi connectivity index (χ0v) is 43.8. The second-order valence-corrected chi connectivity index (χ2v) is 19.1. The summed E-state index contributed by atoms with van der Waals surface area (Å²) < 4.78 is 54.5. The highest BCUT2D eigenvalue weighted by atomic mass is 19.4. The van der Waals surface area contributed by atoms with E-state index in [1.807, 2.05) is 31.2 Å². The second-order valence-electron chi connectivity index (χ2n) is 19.1. The van der Waals surface area contributed by atoms with Gasteiger partial charge in [0.05, 0.1) is 36.1 Å². The summed E-state index contributed by atoms with van der Waals surface area (Å²) in [7, 11) is 0. The average Bonchev–Trinajstić information content (AvgIpc) is 4.27. The molecule has 4 amide bonds. The first kappa shape index (κ1) is 59.5. The minimum atomic E-state index is -4.86. The third-order valence-corrected chi connectivity index (χ3v) is 13.3. The van der Waals surface area contributed by atoms with Crippen LogP contribution in [0.25, 0.3) is 22.5 Å². The van der Waals surface area contributed by atoms with Gasteiger partial charge in [-0.05, 0) is 86.6 Å². The molecule has 1 aliphatic heterocycles. The van der Waals surface area contributed by atoms with E-state index >= 15 is 0 Å². The number of carbonyl (C=O) groups is 8.